The molecule has 0 aromatic heterocycles. The smallest absolute Gasteiger partial charge is 0.238 e. The largest absolute Gasteiger partial charge is 0.274 e. The molecule has 1 aliphatic heterocycles. The van der Waals surface area contributed by atoms with Crippen LogP contribution < -0.4 is 4.90 Å². The number of imide groups is 1. The van der Waals surface area contributed by atoms with Gasteiger partial charge in [0.05, 0.1) is 17.5 Å². The maximum absolute atomic E-state index is 13.1. The Hall–Kier alpha value is -3.46. The molecule has 0 bridgehead atoms. The van der Waals surface area contributed by atoms with Gasteiger partial charge in [-0.2, -0.15) is 0 Å². The number of fused-ring (bicyclic) bond motifs is 1. The second kappa shape index (κ2) is 7.17. The van der Waals surface area contributed by atoms with Crippen molar-refractivity contribution in [3.63, 3.8) is 0 Å². The first kappa shape index (κ1) is 17.6. The highest BCUT2D eigenvalue weighted by Gasteiger charge is 2.52. The summed E-state index contributed by atoms with van der Waals surface area (Å²) < 4.78 is 0. The molecule has 3 heteroatoms. The van der Waals surface area contributed by atoms with Gasteiger partial charge in [-0.1, -0.05) is 84.4 Å². The van der Waals surface area contributed by atoms with E-state index < -0.39 is 0 Å². The predicted octanol–water partition coefficient (Wildman–Crippen LogP) is 5.09. The van der Waals surface area contributed by atoms with E-state index in [-0.39, 0.29) is 23.7 Å². The van der Waals surface area contributed by atoms with Crippen molar-refractivity contribution in [3.8, 4) is 0 Å². The van der Waals surface area contributed by atoms with Gasteiger partial charge in [-0.05, 0) is 41.7 Å². The number of carbonyl (C=O) groups excluding carboxylic acids is 2. The molecule has 2 fully saturated rings. The second-order valence-corrected chi connectivity index (χ2v) is 7.68. The predicted molar refractivity (Wildman–Crippen MR) is 114 cm³/mol. The molecule has 0 spiro atoms. The van der Waals surface area contributed by atoms with Crippen molar-refractivity contribution in [2.24, 2.45) is 11.8 Å². The summed E-state index contributed by atoms with van der Waals surface area (Å²) in [6.07, 6.45) is 1.27. The van der Waals surface area contributed by atoms with Crippen molar-refractivity contribution in [2.75, 3.05) is 4.90 Å². The van der Waals surface area contributed by atoms with Gasteiger partial charge in [0.25, 0.3) is 0 Å². The Bertz CT molecular complexity index is 1020. The third-order valence-corrected chi connectivity index (χ3v) is 5.99. The van der Waals surface area contributed by atoms with Crippen molar-refractivity contribution in [1.82, 2.24) is 0 Å². The van der Waals surface area contributed by atoms with Gasteiger partial charge in [-0.25, -0.2) is 0 Å². The van der Waals surface area contributed by atoms with Crippen molar-refractivity contribution < 1.29 is 9.59 Å². The van der Waals surface area contributed by atoms with Crippen LogP contribution in [0.15, 0.2) is 96.6 Å². The van der Waals surface area contributed by atoms with E-state index in [1.54, 1.807) is 0 Å². The minimum Gasteiger partial charge on any atom is -0.274 e. The molecule has 142 valence electrons. The van der Waals surface area contributed by atoms with Crippen LogP contribution in [-0.2, 0) is 9.59 Å². The van der Waals surface area contributed by atoms with Crippen LogP contribution in [-0.4, -0.2) is 11.8 Å². The molecule has 0 radical (unpaired) electrons. The molecule has 2 amide bonds. The number of hydrogen-bond donors (Lipinski definition) is 0. The Kier molecular flexibility index (Phi) is 4.36. The Morgan fingerprint density at radius 2 is 1.03 bits per heavy atom. The highest BCUT2D eigenvalue weighted by molar-refractivity contribution is 6.22. The number of carbonyl (C=O) groups is 2. The summed E-state index contributed by atoms with van der Waals surface area (Å²) in [7, 11) is 0. The molecule has 0 N–H and O–H groups in total. The number of nitrogens with zero attached hydrogens (tertiary/aromatic N) is 1. The first-order valence-electron chi connectivity index (χ1n) is 10.00. The van der Waals surface area contributed by atoms with E-state index >= 15 is 0 Å². The molecule has 3 aromatic carbocycles. The Morgan fingerprint density at radius 1 is 0.621 bits per heavy atom. The van der Waals surface area contributed by atoms with Gasteiger partial charge in [0.15, 0.2) is 0 Å². The molecule has 3 nitrogen and oxygen atoms in total. The van der Waals surface area contributed by atoms with Gasteiger partial charge < -0.3 is 0 Å². The summed E-state index contributed by atoms with van der Waals surface area (Å²) in [6.45, 7) is 0. The zero-order chi connectivity index (χ0) is 19.8. The number of para-hydroxylation sites is 1. The normalized spacial score (nSPS) is 20.8. The molecular weight excluding hydrogens is 358 g/mol. The molecule has 3 aromatic rings. The standard InChI is InChI=1S/C26H21NO2/c28-25-22-16-20(17-23(22)26(29)27(25)21-14-8-3-9-15-21)24(18-10-4-1-5-11-18)19-12-6-2-7-13-19/h1-15,22-23H,16-17H2. The summed E-state index contributed by atoms with van der Waals surface area (Å²) in [5.74, 6) is -0.663. The van der Waals surface area contributed by atoms with Gasteiger partial charge in [0, 0.05) is 0 Å². The fourth-order valence-electron chi connectivity index (χ4n) is 4.68. The van der Waals surface area contributed by atoms with Crippen molar-refractivity contribution in [2.45, 2.75) is 12.8 Å². The van der Waals surface area contributed by atoms with E-state index in [2.05, 4.69) is 24.3 Å². The number of anilines is 1. The zero-order valence-electron chi connectivity index (χ0n) is 16.0. The van der Waals surface area contributed by atoms with Gasteiger partial charge in [-0.3, -0.25) is 14.5 Å². The average molecular weight is 379 g/mol. The maximum atomic E-state index is 13.1. The van der Waals surface area contributed by atoms with Gasteiger partial charge in [0.1, 0.15) is 0 Å². The first-order valence-corrected chi connectivity index (χ1v) is 10.00. The van der Waals surface area contributed by atoms with E-state index in [1.807, 2.05) is 66.7 Å². The lowest BCUT2D eigenvalue weighted by Gasteiger charge is -2.18. The Balaban J connectivity index is 1.55. The average Bonchev–Trinajstić information content (AvgIpc) is 3.30. The lowest BCUT2D eigenvalue weighted by atomic mass is 9.91. The number of allylic oxidation sites excluding steroid dienone is 1. The van der Waals surface area contributed by atoms with E-state index in [1.165, 1.54) is 10.5 Å². The van der Waals surface area contributed by atoms with Crippen LogP contribution in [0, 0.1) is 11.8 Å². The van der Waals surface area contributed by atoms with Crippen molar-refractivity contribution in [3.05, 3.63) is 108 Å². The van der Waals surface area contributed by atoms with Crippen molar-refractivity contribution >= 4 is 23.1 Å². The van der Waals surface area contributed by atoms with Crippen LogP contribution in [0.3, 0.4) is 0 Å². The summed E-state index contributed by atoms with van der Waals surface area (Å²) in [6, 6.07) is 29.8. The third kappa shape index (κ3) is 2.99. The SMILES string of the molecule is O=C1C2CC(=C(c3ccccc3)c3ccccc3)CC2C(=O)N1c1ccccc1. The quantitative estimate of drug-likeness (QED) is 0.595. The Morgan fingerprint density at radius 3 is 1.48 bits per heavy atom. The maximum Gasteiger partial charge on any atom is 0.238 e. The summed E-state index contributed by atoms with van der Waals surface area (Å²) >= 11 is 0. The minimum absolute atomic E-state index is 0.0679. The fraction of sp³-hybridized carbons (Fsp3) is 0.154. The second-order valence-electron chi connectivity index (χ2n) is 7.68. The van der Waals surface area contributed by atoms with Crippen molar-refractivity contribution in [1.29, 1.82) is 0 Å². The van der Waals surface area contributed by atoms with E-state index in [9.17, 15) is 9.59 Å². The van der Waals surface area contributed by atoms with E-state index in [4.69, 9.17) is 0 Å². The van der Waals surface area contributed by atoms with Crippen LogP contribution >= 0.6 is 0 Å². The lowest BCUT2D eigenvalue weighted by Crippen LogP contribution is -2.31. The van der Waals surface area contributed by atoms with Gasteiger partial charge >= 0.3 is 0 Å². The number of rotatable bonds is 3. The monoisotopic (exact) mass is 379 g/mol. The van der Waals surface area contributed by atoms with Crippen LogP contribution in [0.4, 0.5) is 5.69 Å². The third-order valence-electron chi connectivity index (χ3n) is 5.99. The summed E-state index contributed by atoms with van der Waals surface area (Å²) in [5, 5.41) is 0. The molecule has 2 unspecified atom stereocenters. The van der Waals surface area contributed by atoms with Crippen LogP contribution in [0.1, 0.15) is 24.0 Å². The molecular formula is C26H21NO2. The fourth-order valence-corrected chi connectivity index (χ4v) is 4.68. The van der Waals surface area contributed by atoms with Crippen LogP contribution in [0.25, 0.3) is 5.57 Å². The molecule has 1 aliphatic carbocycles. The molecule has 1 saturated heterocycles. The molecule has 29 heavy (non-hydrogen) atoms. The summed E-state index contributed by atoms with van der Waals surface area (Å²) in [4.78, 5) is 27.6. The van der Waals surface area contributed by atoms with Gasteiger partial charge in [0.2, 0.25) is 11.8 Å². The van der Waals surface area contributed by atoms with Crippen LogP contribution in [0.5, 0.6) is 0 Å². The van der Waals surface area contributed by atoms with E-state index in [0.29, 0.717) is 18.5 Å². The highest BCUT2D eigenvalue weighted by atomic mass is 16.2. The lowest BCUT2D eigenvalue weighted by molar-refractivity contribution is -0.122. The number of hydrogen-bond acceptors (Lipinski definition) is 2. The summed E-state index contributed by atoms with van der Waals surface area (Å²) in [5.41, 5.74) is 5.30. The minimum atomic E-state index is -0.264. The molecule has 2 atom stereocenters. The molecule has 1 heterocycles. The molecule has 5 rings (SSSR count). The number of amides is 2. The van der Waals surface area contributed by atoms with E-state index in [0.717, 1.165) is 16.7 Å². The Labute approximate surface area is 170 Å². The topological polar surface area (TPSA) is 37.4 Å². The van der Waals surface area contributed by atoms with Gasteiger partial charge in [-0.15, -0.1) is 0 Å². The zero-order valence-corrected chi connectivity index (χ0v) is 16.0. The van der Waals surface area contributed by atoms with Crippen LogP contribution in [0.2, 0.25) is 0 Å². The number of benzene rings is 3. The molecule has 2 aliphatic rings. The highest BCUT2D eigenvalue weighted by Crippen LogP contribution is 2.47. The first-order chi connectivity index (χ1) is 14.2. The molecule has 1 saturated carbocycles.